The average molecular weight is 313 g/mol. The van der Waals surface area contributed by atoms with Gasteiger partial charge in [-0.15, -0.1) is 0 Å². The monoisotopic (exact) mass is 312 g/mol. The van der Waals surface area contributed by atoms with Crippen LogP contribution in [-0.2, 0) is 4.74 Å². The number of hydrogen-bond donors (Lipinski definition) is 1. The molecule has 1 amide bonds. The van der Waals surface area contributed by atoms with Crippen LogP contribution in [0.1, 0.15) is 32.9 Å². The minimum Gasteiger partial charge on any atom is -0.444 e. The van der Waals surface area contributed by atoms with E-state index < -0.39 is 5.60 Å². The summed E-state index contributed by atoms with van der Waals surface area (Å²) in [6.45, 7) is 8.67. The summed E-state index contributed by atoms with van der Waals surface area (Å²) in [7, 11) is 0. The molecule has 1 aliphatic heterocycles. The Kier molecular flexibility index (Phi) is 4.56. The summed E-state index contributed by atoms with van der Waals surface area (Å²) in [4.78, 5) is 22.1. The topological polar surface area (TPSA) is 67.4 Å². The van der Waals surface area contributed by atoms with Gasteiger partial charge in [-0.25, -0.2) is 14.8 Å². The number of rotatable bonds is 2. The first kappa shape index (κ1) is 15.8. The highest BCUT2D eigenvalue weighted by molar-refractivity contribution is 6.31. The molecule has 2 heterocycles. The van der Waals surface area contributed by atoms with Gasteiger partial charge in [0.15, 0.2) is 0 Å². The fourth-order valence-corrected chi connectivity index (χ4v) is 2.17. The molecule has 2 rings (SSSR count). The summed E-state index contributed by atoms with van der Waals surface area (Å²) in [6.07, 6.45) is 2.14. The first-order valence-electron chi connectivity index (χ1n) is 6.98. The number of halogens is 1. The molecule has 0 bridgehead atoms. The van der Waals surface area contributed by atoms with Crippen LogP contribution in [-0.4, -0.2) is 45.7 Å². The number of aromatic nitrogens is 2. The van der Waals surface area contributed by atoms with Crippen molar-refractivity contribution in [3.05, 3.63) is 16.9 Å². The van der Waals surface area contributed by atoms with Crippen molar-refractivity contribution in [1.29, 1.82) is 0 Å². The Bertz CT molecular complexity index is 530. The number of carbonyl (C=O) groups excluding carboxylic acids is 1. The van der Waals surface area contributed by atoms with Crippen molar-refractivity contribution in [2.75, 3.05) is 18.4 Å². The van der Waals surface area contributed by atoms with Gasteiger partial charge in [0.25, 0.3) is 0 Å². The lowest BCUT2D eigenvalue weighted by molar-refractivity contribution is 0.0293. The first-order chi connectivity index (χ1) is 9.74. The molecule has 0 radical (unpaired) electrons. The van der Waals surface area contributed by atoms with E-state index in [0.29, 0.717) is 24.1 Å². The van der Waals surface area contributed by atoms with Gasteiger partial charge in [0.05, 0.1) is 16.9 Å². The molecule has 7 heteroatoms. The van der Waals surface area contributed by atoms with Crippen LogP contribution in [0.5, 0.6) is 0 Å². The minimum absolute atomic E-state index is 0.123. The highest BCUT2D eigenvalue weighted by atomic mass is 35.5. The molecule has 1 unspecified atom stereocenters. The van der Waals surface area contributed by atoms with E-state index in [1.165, 1.54) is 0 Å². The van der Waals surface area contributed by atoms with Crippen LogP contribution < -0.4 is 5.32 Å². The SMILES string of the molecule is Cc1nc(NC2CCN(C(=O)OC(C)(C)C)C2)ncc1Cl. The zero-order valence-electron chi connectivity index (χ0n) is 12.8. The summed E-state index contributed by atoms with van der Waals surface area (Å²) in [5, 5.41) is 3.77. The summed E-state index contributed by atoms with van der Waals surface area (Å²) in [5.74, 6) is 0.535. The lowest BCUT2D eigenvalue weighted by atomic mass is 10.2. The molecule has 0 saturated carbocycles. The van der Waals surface area contributed by atoms with E-state index in [0.717, 1.165) is 12.1 Å². The lowest BCUT2D eigenvalue weighted by Gasteiger charge is -2.24. The summed E-state index contributed by atoms with van der Waals surface area (Å²) in [5.41, 5.74) is 0.259. The molecule has 21 heavy (non-hydrogen) atoms. The van der Waals surface area contributed by atoms with Crippen molar-refractivity contribution >= 4 is 23.6 Å². The maximum absolute atomic E-state index is 12.0. The highest BCUT2D eigenvalue weighted by Crippen LogP contribution is 2.18. The fraction of sp³-hybridized carbons (Fsp3) is 0.643. The Labute approximate surface area is 129 Å². The molecule has 0 aromatic carbocycles. The normalized spacial score (nSPS) is 18.7. The van der Waals surface area contributed by atoms with Crippen LogP contribution in [0.2, 0.25) is 5.02 Å². The summed E-state index contributed by atoms with van der Waals surface area (Å²) in [6, 6.07) is 0.123. The molecular weight excluding hydrogens is 292 g/mol. The second-order valence-electron chi connectivity index (χ2n) is 6.18. The largest absolute Gasteiger partial charge is 0.444 e. The van der Waals surface area contributed by atoms with Crippen LogP contribution in [0, 0.1) is 6.92 Å². The summed E-state index contributed by atoms with van der Waals surface area (Å²) >= 11 is 5.90. The van der Waals surface area contributed by atoms with Crippen LogP contribution in [0.25, 0.3) is 0 Å². The van der Waals surface area contributed by atoms with E-state index >= 15 is 0 Å². The van der Waals surface area contributed by atoms with Gasteiger partial charge in [0.2, 0.25) is 5.95 Å². The van der Waals surface area contributed by atoms with E-state index in [4.69, 9.17) is 16.3 Å². The third-order valence-electron chi connectivity index (χ3n) is 3.09. The predicted octanol–water partition coefficient (Wildman–Crippen LogP) is 2.86. The predicted molar refractivity (Wildman–Crippen MR) is 81.6 cm³/mol. The molecule has 0 aliphatic carbocycles. The number of aryl methyl sites for hydroxylation is 1. The Morgan fingerprint density at radius 2 is 2.24 bits per heavy atom. The molecule has 1 saturated heterocycles. The van der Waals surface area contributed by atoms with E-state index in [9.17, 15) is 4.79 Å². The number of hydrogen-bond acceptors (Lipinski definition) is 5. The Balaban J connectivity index is 1.90. The molecule has 1 atom stereocenters. The van der Waals surface area contributed by atoms with Gasteiger partial charge in [0, 0.05) is 19.1 Å². The van der Waals surface area contributed by atoms with Gasteiger partial charge in [-0.3, -0.25) is 0 Å². The zero-order valence-corrected chi connectivity index (χ0v) is 13.6. The van der Waals surface area contributed by atoms with Crippen molar-refractivity contribution in [3.8, 4) is 0 Å². The van der Waals surface area contributed by atoms with Crippen LogP contribution in [0.3, 0.4) is 0 Å². The van der Waals surface area contributed by atoms with Crippen molar-refractivity contribution < 1.29 is 9.53 Å². The smallest absolute Gasteiger partial charge is 0.410 e. The fourth-order valence-electron chi connectivity index (χ4n) is 2.07. The summed E-state index contributed by atoms with van der Waals surface area (Å²) < 4.78 is 5.37. The second-order valence-corrected chi connectivity index (χ2v) is 6.59. The average Bonchev–Trinajstić information content (AvgIpc) is 2.80. The van der Waals surface area contributed by atoms with Crippen molar-refractivity contribution in [1.82, 2.24) is 14.9 Å². The quantitative estimate of drug-likeness (QED) is 0.909. The number of amides is 1. The van der Waals surface area contributed by atoms with Crippen LogP contribution in [0.15, 0.2) is 6.20 Å². The molecule has 1 aliphatic rings. The first-order valence-corrected chi connectivity index (χ1v) is 7.36. The molecule has 116 valence electrons. The standard InChI is InChI=1S/C14H21ClN4O2/c1-9-11(15)7-16-12(17-9)18-10-5-6-19(8-10)13(20)21-14(2,3)4/h7,10H,5-6,8H2,1-4H3,(H,16,17,18). The number of carbonyl (C=O) groups is 1. The van der Waals surface area contributed by atoms with Crippen molar-refractivity contribution in [2.24, 2.45) is 0 Å². The van der Waals surface area contributed by atoms with Crippen molar-refractivity contribution in [3.63, 3.8) is 0 Å². The van der Waals surface area contributed by atoms with E-state index in [1.54, 1.807) is 11.1 Å². The number of anilines is 1. The minimum atomic E-state index is -0.473. The third kappa shape index (κ3) is 4.46. The lowest BCUT2D eigenvalue weighted by Crippen LogP contribution is -2.36. The Morgan fingerprint density at radius 3 is 2.86 bits per heavy atom. The van der Waals surface area contributed by atoms with E-state index in [1.807, 2.05) is 27.7 Å². The Morgan fingerprint density at radius 1 is 1.52 bits per heavy atom. The van der Waals surface area contributed by atoms with Gasteiger partial charge >= 0.3 is 6.09 Å². The van der Waals surface area contributed by atoms with Crippen molar-refractivity contribution in [2.45, 2.75) is 45.8 Å². The van der Waals surface area contributed by atoms with Gasteiger partial charge in [-0.05, 0) is 34.1 Å². The van der Waals surface area contributed by atoms with Gasteiger partial charge in [-0.2, -0.15) is 0 Å². The van der Waals surface area contributed by atoms with Crippen LogP contribution in [0.4, 0.5) is 10.7 Å². The number of nitrogens with one attached hydrogen (secondary N) is 1. The second kappa shape index (κ2) is 6.05. The number of ether oxygens (including phenoxy) is 1. The molecule has 1 fully saturated rings. The number of likely N-dealkylation sites (tertiary alicyclic amines) is 1. The zero-order chi connectivity index (χ0) is 15.6. The Hall–Kier alpha value is -1.56. The van der Waals surface area contributed by atoms with Gasteiger partial charge in [0.1, 0.15) is 5.60 Å². The van der Waals surface area contributed by atoms with Gasteiger partial charge < -0.3 is 15.0 Å². The van der Waals surface area contributed by atoms with Gasteiger partial charge in [-0.1, -0.05) is 11.6 Å². The maximum atomic E-state index is 12.0. The molecule has 6 nitrogen and oxygen atoms in total. The third-order valence-corrected chi connectivity index (χ3v) is 3.46. The maximum Gasteiger partial charge on any atom is 0.410 e. The molecule has 1 N–H and O–H groups in total. The molecule has 1 aromatic rings. The van der Waals surface area contributed by atoms with E-state index in [2.05, 4.69) is 15.3 Å². The molecule has 1 aromatic heterocycles. The van der Waals surface area contributed by atoms with Crippen LogP contribution >= 0.6 is 11.6 Å². The number of nitrogens with zero attached hydrogens (tertiary/aromatic N) is 3. The van der Waals surface area contributed by atoms with E-state index in [-0.39, 0.29) is 12.1 Å². The highest BCUT2D eigenvalue weighted by Gasteiger charge is 2.30. The molecule has 0 spiro atoms. The molecular formula is C14H21ClN4O2.